The topological polar surface area (TPSA) is 72.2 Å². The Balaban J connectivity index is 3.48. The maximum atomic E-state index is 11.9. The van der Waals surface area contributed by atoms with E-state index in [4.69, 9.17) is 5.73 Å². The van der Waals surface area contributed by atoms with Gasteiger partial charge >= 0.3 is 6.41 Å². The van der Waals surface area contributed by atoms with E-state index in [-0.39, 0.29) is 0 Å². The minimum atomic E-state index is -1.26. The second-order valence-electron chi connectivity index (χ2n) is 5.46. The Hall–Kier alpha value is -1.84. The van der Waals surface area contributed by atoms with Crippen molar-refractivity contribution in [1.82, 2.24) is 5.32 Å². The van der Waals surface area contributed by atoms with E-state index in [2.05, 4.69) is 5.32 Å². The van der Waals surface area contributed by atoms with Crippen molar-refractivity contribution >= 4 is 12.3 Å². The van der Waals surface area contributed by atoms with Crippen LogP contribution in [0.2, 0.25) is 0 Å². The summed E-state index contributed by atoms with van der Waals surface area (Å²) in [6.45, 7) is 7.50. The molecule has 1 rings (SSSR count). The largest absolute Gasteiger partial charge is 0.367 e. The zero-order valence-corrected chi connectivity index (χ0v) is 11.2. The van der Waals surface area contributed by atoms with Gasteiger partial charge in [-0.05, 0) is 17.9 Å². The van der Waals surface area contributed by atoms with E-state index < -0.39 is 16.9 Å². The molecule has 0 aliphatic carbocycles. The number of hydrogen-bond donors (Lipinski definition) is 2. The van der Waals surface area contributed by atoms with Crippen LogP contribution in [-0.4, -0.2) is 12.3 Å². The zero-order valence-electron chi connectivity index (χ0n) is 11.2. The normalized spacial score (nSPS) is 14.7. The summed E-state index contributed by atoms with van der Waals surface area (Å²) >= 11 is 0. The summed E-state index contributed by atoms with van der Waals surface area (Å²) in [5, 5.41) is 2.49. The summed E-state index contributed by atoms with van der Waals surface area (Å²) < 4.78 is 0. The molecule has 3 N–H and O–H groups in total. The fourth-order valence-corrected chi connectivity index (χ4v) is 2.15. The monoisotopic (exact) mass is 247 g/mol. The van der Waals surface area contributed by atoms with Crippen LogP contribution in [0.25, 0.3) is 0 Å². The van der Waals surface area contributed by atoms with E-state index in [1.165, 1.54) is 0 Å². The molecule has 1 atom stereocenters. The van der Waals surface area contributed by atoms with Gasteiger partial charge in [0.05, 0.1) is 0 Å². The molecule has 0 aliphatic rings. The number of nitrogens with one attached hydrogen (secondary N) is 1. The highest BCUT2D eigenvalue weighted by Gasteiger charge is 2.48. The number of carbonyl (C=O) groups is 1. The molecule has 0 saturated carbocycles. The van der Waals surface area contributed by atoms with Crippen LogP contribution in [0.5, 0.6) is 0 Å². The van der Waals surface area contributed by atoms with Crippen LogP contribution in [0.4, 0.5) is 0 Å². The number of benzene rings is 1. The first-order chi connectivity index (χ1) is 8.25. The molecule has 0 heterocycles. The van der Waals surface area contributed by atoms with Gasteiger partial charge in [0.1, 0.15) is 5.54 Å². The van der Waals surface area contributed by atoms with Crippen LogP contribution in [0, 0.1) is 12.3 Å². The van der Waals surface area contributed by atoms with Crippen LogP contribution in [0.15, 0.2) is 24.3 Å². The van der Waals surface area contributed by atoms with E-state index in [0.717, 1.165) is 5.56 Å². The molecule has 0 bridgehead atoms. The number of carbonyl (C=O) groups excluding carboxylic acids is 2. The predicted octanol–water partition coefficient (Wildman–Crippen LogP) is 1.38. The highest BCUT2D eigenvalue weighted by atomic mass is 16.2. The molecule has 97 valence electrons. The van der Waals surface area contributed by atoms with Crippen molar-refractivity contribution < 1.29 is 9.59 Å². The molecular weight excluding hydrogens is 228 g/mol. The van der Waals surface area contributed by atoms with Gasteiger partial charge in [-0.2, -0.15) is 0 Å². The lowest BCUT2D eigenvalue weighted by Crippen LogP contribution is -2.60. The highest BCUT2D eigenvalue weighted by molar-refractivity contribution is 5.89. The summed E-state index contributed by atoms with van der Waals surface area (Å²) in [5.41, 5.74) is 5.44. The molecule has 4 nitrogen and oxygen atoms in total. The van der Waals surface area contributed by atoms with Gasteiger partial charge in [0.15, 0.2) is 0 Å². The van der Waals surface area contributed by atoms with Gasteiger partial charge in [0, 0.05) is 0 Å². The quantitative estimate of drug-likeness (QED) is 0.789. The zero-order chi connectivity index (χ0) is 14.0. The lowest BCUT2D eigenvalue weighted by atomic mass is 9.68. The van der Waals surface area contributed by atoms with Crippen molar-refractivity contribution in [1.29, 1.82) is 0 Å². The molecule has 2 amide bonds. The van der Waals surface area contributed by atoms with Crippen LogP contribution in [0.3, 0.4) is 0 Å². The number of rotatable bonds is 4. The lowest BCUT2D eigenvalue weighted by Gasteiger charge is -2.41. The van der Waals surface area contributed by atoms with Crippen molar-refractivity contribution in [3.05, 3.63) is 35.4 Å². The molecule has 0 aliphatic heterocycles. The number of amides is 2. The standard InChI is InChI=1S/C14H19N2O2/c1-10-5-7-11(8-6-10)14(12(15)18,16-9-17)13(2,3)4/h5-8H,1-4H3,(H2,15,18)(H,16,17). The van der Waals surface area contributed by atoms with Gasteiger partial charge < -0.3 is 11.1 Å². The van der Waals surface area contributed by atoms with Gasteiger partial charge in [0.2, 0.25) is 5.91 Å². The number of aryl methyl sites for hydroxylation is 1. The summed E-state index contributed by atoms with van der Waals surface area (Å²) in [5.74, 6) is -0.595. The minimum absolute atomic E-state index is 0.564. The number of nitrogens with two attached hydrogens (primary N) is 1. The van der Waals surface area contributed by atoms with Crippen LogP contribution in [0.1, 0.15) is 31.9 Å². The molecular formula is C14H19N2O2. The van der Waals surface area contributed by atoms with E-state index in [1.807, 2.05) is 39.8 Å². The third kappa shape index (κ3) is 2.23. The number of hydrogen-bond acceptors (Lipinski definition) is 2. The van der Waals surface area contributed by atoms with Crippen molar-refractivity contribution in [2.24, 2.45) is 11.1 Å². The second kappa shape index (κ2) is 4.80. The predicted molar refractivity (Wildman–Crippen MR) is 70.3 cm³/mol. The smallest absolute Gasteiger partial charge is 0.310 e. The molecule has 0 saturated heterocycles. The maximum absolute atomic E-state index is 11.9. The fraction of sp³-hybridized carbons (Fsp3) is 0.429. The van der Waals surface area contributed by atoms with Gasteiger partial charge in [-0.15, -0.1) is 0 Å². The first-order valence-corrected chi connectivity index (χ1v) is 5.77. The van der Waals surface area contributed by atoms with E-state index >= 15 is 0 Å². The highest BCUT2D eigenvalue weighted by Crippen LogP contribution is 2.39. The first kappa shape index (κ1) is 14.2. The third-order valence-corrected chi connectivity index (χ3v) is 3.22. The lowest BCUT2D eigenvalue weighted by molar-refractivity contribution is -0.128. The molecule has 0 aromatic heterocycles. The number of primary amides is 1. The van der Waals surface area contributed by atoms with Gasteiger partial charge in [-0.3, -0.25) is 9.59 Å². The molecule has 4 heteroatoms. The third-order valence-electron chi connectivity index (χ3n) is 3.22. The summed E-state index contributed by atoms with van der Waals surface area (Å²) in [4.78, 5) is 22.7. The Morgan fingerprint density at radius 1 is 1.22 bits per heavy atom. The van der Waals surface area contributed by atoms with E-state index in [0.29, 0.717) is 5.56 Å². The Kier molecular flexibility index (Phi) is 3.79. The minimum Gasteiger partial charge on any atom is -0.367 e. The Morgan fingerprint density at radius 3 is 2.06 bits per heavy atom. The molecule has 0 fully saturated rings. The molecule has 1 radical (unpaired) electrons. The average molecular weight is 247 g/mol. The fourth-order valence-electron chi connectivity index (χ4n) is 2.15. The molecule has 1 unspecified atom stereocenters. The van der Waals surface area contributed by atoms with Crippen molar-refractivity contribution in [2.45, 2.75) is 33.2 Å². The van der Waals surface area contributed by atoms with Crippen LogP contribution < -0.4 is 11.1 Å². The van der Waals surface area contributed by atoms with Crippen LogP contribution in [-0.2, 0) is 15.1 Å². The summed E-state index contributed by atoms with van der Waals surface area (Å²) in [6.07, 6.45) is 1.61. The SMILES string of the molecule is Cc1ccc(C(N[C]=O)(C(N)=O)C(C)(C)C)cc1. The Labute approximate surface area is 108 Å². The summed E-state index contributed by atoms with van der Waals surface area (Å²) in [7, 11) is 0. The van der Waals surface area contributed by atoms with Crippen molar-refractivity contribution in [3.8, 4) is 0 Å². The Morgan fingerprint density at radius 2 is 1.72 bits per heavy atom. The molecule has 1 aromatic carbocycles. The average Bonchev–Trinajstić information content (AvgIpc) is 2.25. The molecule has 1 aromatic rings. The summed E-state index contributed by atoms with van der Waals surface area (Å²) in [6, 6.07) is 7.36. The van der Waals surface area contributed by atoms with E-state index in [1.54, 1.807) is 18.5 Å². The maximum Gasteiger partial charge on any atom is 0.310 e. The second-order valence-corrected chi connectivity index (χ2v) is 5.46. The van der Waals surface area contributed by atoms with Gasteiger partial charge in [0.25, 0.3) is 0 Å². The van der Waals surface area contributed by atoms with Crippen molar-refractivity contribution in [3.63, 3.8) is 0 Å². The first-order valence-electron chi connectivity index (χ1n) is 5.77. The van der Waals surface area contributed by atoms with Gasteiger partial charge in [-0.1, -0.05) is 50.6 Å². The molecule has 18 heavy (non-hydrogen) atoms. The Bertz CT molecular complexity index is 446. The molecule has 0 spiro atoms. The van der Waals surface area contributed by atoms with E-state index in [9.17, 15) is 9.59 Å². The van der Waals surface area contributed by atoms with Gasteiger partial charge in [-0.25, -0.2) is 0 Å². The van der Waals surface area contributed by atoms with Crippen molar-refractivity contribution in [2.75, 3.05) is 0 Å². The van der Waals surface area contributed by atoms with Crippen LogP contribution >= 0.6 is 0 Å².